The Morgan fingerprint density at radius 2 is 2.06 bits per heavy atom. The average molecular weight is 271 g/mol. The maximum atomic E-state index is 11.2. The molecule has 0 amide bonds. The highest BCUT2D eigenvalue weighted by Crippen LogP contribution is 2.07. The number of nitrogens with one attached hydrogen (secondary N) is 1. The van der Waals surface area contributed by atoms with Gasteiger partial charge < -0.3 is 15.2 Å². The molecule has 1 aromatic carbocycles. The van der Waals surface area contributed by atoms with E-state index in [0.717, 1.165) is 23.5 Å². The molecule has 5 heteroatoms. The van der Waals surface area contributed by atoms with Crippen LogP contribution in [0, 0.1) is 0 Å². The summed E-state index contributed by atoms with van der Waals surface area (Å²) in [6.45, 7) is 1.86. The van der Waals surface area contributed by atoms with E-state index >= 15 is 0 Å². The van der Waals surface area contributed by atoms with Crippen molar-refractivity contribution in [3.05, 3.63) is 29.8 Å². The molecule has 0 spiro atoms. The Kier molecular flexibility index (Phi) is 7.12. The van der Waals surface area contributed by atoms with Crippen molar-refractivity contribution < 1.29 is 14.1 Å². The number of benzene rings is 1. The number of hydrogen-bond acceptors (Lipinski definition) is 4. The molecule has 1 aromatic rings. The predicted octanol–water partition coefficient (Wildman–Crippen LogP) is 0.911. The average Bonchev–Trinajstić information content (AvgIpc) is 2.35. The van der Waals surface area contributed by atoms with Crippen molar-refractivity contribution in [3.8, 4) is 0 Å². The summed E-state index contributed by atoms with van der Waals surface area (Å²) in [6, 6.07) is 7.70. The minimum atomic E-state index is -0.920. The highest BCUT2D eigenvalue weighted by atomic mass is 32.2. The smallest absolute Gasteiger partial charge is 0.0785 e. The topological polar surface area (TPSA) is 58.6 Å². The van der Waals surface area contributed by atoms with E-state index in [4.69, 9.17) is 4.74 Å². The first kappa shape index (κ1) is 15.3. The molecule has 0 radical (unpaired) electrons. The summed E-state index contributed by atoms with van der Waals surface area (Å²) >= 11 is 0. The fourth-order valence-electron chi connectivity index (χ4n) is 1.58. The number of methoxy groups -OCH3 is 1. The third-order valence-corrected chi connectivity index (χ3v) is 3.53. The summed E-state index contributed by atoms with van der Waals surface area (Å²) in [7, 11) is 0.659. The van der Waals surface area contributed by atoms with Crippen molar-refractivity contribution in [1.29, 1.82) is 0 Å². The van der Waals surface area contributed by atoms with Crippen molar-refractivity contribution in [2.45, 2.75) is 24.0 Å². The second kappa shape index (κ2) is 8.37. The Morgan fingerprint density at radius 3 is 2.61 bits per heavy atom. The lowest BCUT2D eigenvalue weighted by Crippen LogP contribution is -2.23. The number of aliphatic hydroxyl groups is 1. The molecule has 18 heavy (non-hydrogen) atoms. The molecule has 0 fully saturated rings. The molecule has 4 nitrogen and oxygen atoms in total. The summed E-state index contributed by atoms with van der Waals surface area (Å²) in [5.74, 6) is 0. The number of hydrogen-bond donors (Lipinski definition) is 2. The molecular formula is C13H21NO3S. The van der Waals surface area contributed by atoms with Crippen LogP contribution < -0.4 is 5.32 Å². The quantitative estimate of drug-likeness (QED) is 0.690. The monoisotopic (exact) mass is 271 g/mol. The fourth-order valence-corrected chi connectivity index (χ4v) is 2.10. The number of rotatable bonds is 8. The van der Waals surface area contributed by atoms with E-state index in [0.29, 0.717) is 13.0 Å². The Balaban J connectivity index is 2.25. The second-order valence-corrected chi connectivity index (χ2v) is 5.55. The highest BCUT2D eigenvalue weighted by molar-refractivity contribution is 7.84. The standard InChI is InChI=1S/C13H21NO3S/c1-17-10-12(15)7-8-14-9-11-3-5-13(6-4-11)18(2)16/h3-6,12,14-15H,7-10H2,1-2H3. The summed E-state index contributed by atoms with van der Waals surface area (Å²) in [5, 5.41) is 12.7. The van der Waals surface area contributed by atoms with E-state index < -0.39 is 16.9 Å². The van der Waals surface area contributed by atoms with Gasteiger partial charge in [-0.25, -0.2) is 0 Å². The molecule has 0 bridgehead atoms. The molecule has 0 aliphatic rings. The molecule has 0 aliphatic carbocycles. The zero-order valence-electron chi connectivity index (χ0n) is 10.9. The van der Waals surface area contributed by atoms with Crippen LogP contribution in [0.2, 0.25) is 0 Å². The molecule has 2 atom stereocenters. The SMILES string of the molecule is COCC(O)CCNCc1ccc(S(C)=O)cc1. The second-order valence-electron chi connectivity index (χ2n) is 4.17. The van der Waals surface area contributed by atoms with Gasteiger partial charge in [-0.2, -0.15) is 0 Å². The van der Waals surface area contributed by atoms with E-state index in [1.54, 1.807) is 13.4 Å². The maximum Gasteiger partial charge on any atom is 0.0785 e. The molecule has 0 saturated carbocycles. The predicted molar refractivity (Wildman–Crippen MR) is 73.0 cm³/mol. The first-order chi connectivity index (χ1) is 8.63. The van der Waals surface area contributed by atoms with E-state index in [-0.39, 0.29) is 0 Å². The van der Waals surface area contributed by atoms with Crippen LogP contribution in [0.15, 0.2) is 29.2 Å². The van der Waals surface area contributed by atoms with Crippen LogP contribution in [-0.4, -0.2) is 41.9 Å². The summed E-state index contributed by atoms with van der Waals surface area (Å²) in [6.07, 6.45) is 1.93. The van der Waals surface area contributed by atoms with E-state index in [1.165, 1.54) is 0 Å². The lowest BCUT2D eigenvalue weighted by atomic mass is 10.2. The van der Waals surface area contributed by atoms with Crippen molar-refractivity contribution in [1.82, 2.24) is 5.32 Å². The van der Waals surface area contributed by atoms with Gasteiger partial charge in [0.1, 0.15) is 0 Å². The van der Waals surface area contributed by atoms with Gasteiger partial charge in [-0.05, 0) is 30.7 Å². The maximum absolute atomic E-state index is 11.2. The molecule has 102 valence electrons. The van der Waals surface area contributed by atoms with E-state index in [2.05, 4.69) is 5.32 Å². The van der Waals surface area contributed by atoms with Gasteiger partial charge in [0, 0.05) is 35.6 Å². The van der Waals surface area contributed by atoms with Gasteiger partial charge >= 0.3 is 0 Å². The molecule has 2 N–H and O–H groups in total. The van der Waals surface area contributed by atoms with Gasteiger partial charge in [-0.15, -0.1) is 0 Å². The van der Waals surface area contributed by atoms with Crippen molar-refractivity contribution in [2.75, 3.05) is 26.5 Å². The lowest BCUT2D eigenvalue weighted by Gasteiger charge is -2.10. The van der Waals surface area contributed by atoms with Gasteiger partial charge in [-0.1, -0.05) is 12.1 Å². The zero-order valence-corrected chi connectivity index (χ0v) is 11.7. The highest BCUT2D eigenvalue weighted by Gasteiger charge is 2.02. The zero-order chi connectivity index (χ0) is 13.4. The van der Waals surface area contributed by atoms with E-state index in [9.17, 15) is 9.32 Å². The number of aliphatic hydroxyl groups excluding tert-OH is 1. The summed E-state index contributed by atoms with van der Waals surface area (Å²) in [4.78, 5) is 0.842. The first-order valence-corrected chi connectivity index (χ1v) is 7.49. The van der Waals surface area contributed by atoms with Crippen LogP contribution in [0.3, 0.4) is 0 Å². The van der Waals surface area contributed by atoms with Crippen LogP contribution in [0.25, 0.3) is 0 Å². The minimum absolute atomic E-state index is 0.374. The van der Waals surface area contributed by atoms with E-state index in [1.807, 2.05) is 24.3 Å². The molecule has 1 rings (SSSR count). The van der Waals surface area contributed by atoms with Crippen LogP contribution >= 0.6 is 0 Å². The van der Waals surface area contributed by atoms with Crippen LogP contribution in [0.1, 0.15) is 12.0 Å². The van der Waals surface area contributed by atoms with Crippen molar-refractivity contribution in [3.63, 3.8) is 0 Å². The van der Waals surface area contributed by atoms with Gasteiger partial charge in [-0.3, -0.25) is 4.21 Å². The summed E-state index contributed by atoms with van der Waals surface area (Å²) < 4.78 is 16.1. The van der Waals surface area contributed by atoms with Gasteiger partial charge in [0.2, 0.25) is 0 Å². The Hall–Kier alpha value is -0.750. The summed E-state index contributed by atoms with van der Waals surface area (Å²) in [5.41, 5.74) is 1.14. The minimum Gasteiger partial charge on any atom is -0.391 e. The molecule has 0 saturated heterocycles. The van der Waals surface area contributed by atoms with Crippen LogP contribution in [-0.2, 0) is 22.1 Å². The fraction of sp³-hybridized carbons (Fsp3) is 0.538. The molecular weight excluding hydrogens is 250 g/mol. The van der Waals surface area contributed by atoms with Crippen molar-refractivity contribution in [2.24, 2.45) is 0 Å². The molecule has 2 unspecified atom stereocenters. The third kappa shape index (κ3) is 5.73. The first-order valence-electron chi connectivity index (χ1n) is 5.93. The largest absolute Gasteiger partial charge is 0.391 e. The Bertz CT molecular complexity index is 367. The Morgan fingerprint density at radius 1 is 1.39 bits per heavy atom. The van der Waals surface area contributed by atoms with Gasteiger partial charge in [0.05, 0.1) is 12.7 Å². The van der Waals surface area contributed by atoms with Crippen LogP contribution in [0.4, 0.5) is 0 Å². The number of ether oxygens (including phenoxy) is 1. The Labute approximate surface area is 111 Å². The molecule has 0 heterocycles. The van der Waals surface area contributed by atoms with Crippen LogP contribution in [0.5, 0.6) is 0 Å². The molecule has 0 aromatic heterocycles. The third-order valence-electron chi connectivity index (χ3n) is 2.60. The molecule has 0 aliphatic heterocycles. The van der Waals surface area contributed by atoms with Gasteiger partial charge in [0.25, 0.3) is 0 Å². The normalized spacial score (nSPS) is 14.4. The van der Waals surface area contributed by atoms with Gasteiger partial charge in [0.15, 0.2) is 0 Å². The van der Waals surface area contributed by atoms with Crippen molar-refractivity contribution >= 4 is 10.8 Å². The lowest BCUT2D eigenvalue weighted by molar-refractivity contribution is 0.0594.